The minimum atomic E-state index is -4.10. The highest BCUT2D eigenvalue weighted by molar-refractivity contribution is 7.15. The zero-order valence-electron chi connectivity index (χ0n) is 11.7. The van der Waals surface area contributed by atoms with Crippen LogP contribution >= 0.6 is 11.3 Å². The third kappa shape index (κ3) is 4.09. The van der Waals surface area contributed by atoms with Crippen LogP contribution in [0.2, 0.25) is 0 Å². The summed E-state index contributed by atoms with van der Waals surface area (Å²) in [5.74, 6) is -1.22. The summed E-state index contributed by atoms with van der Waals surface area (Å²) in [6, 6.07) is 0.380. The van der Waals surface area contributed by atoms with Crippen LogP contribution in [0.4, 0.5) is 18.3 Å². The smallest absolute Gasteiger partial charge is 0.347 e. The fourth-order valence-electron chi connectivity index (χ4n) is 2.25. The Hall–Kier alpha value is -0.820. The minimum absolute atomic E-state index is 0.0358. The molecular weight excluding hydrogens is 287 g/mol. The Bertz CT molecular complexity index is 431. The van der Waals surface area contributed by atoms with Gasteiger partial charge in [0.15, 0.2) is 5.13 Å². The lowest BCUT2D eigenvalue weighted by molar-refractivity contribution is -0.175. The minimum Gasteiger partial charge on any atom is -0.347 e. The molecule has 1 N–H and O–H groups in total. The summed E-state index contributed by atoms with van der Waals surface area (Å²) in [5.41, 5.74) is 0. The van der Waals surface area contributed by atoms with Crippen LogP contribution in [0.15, 0.2) is 6.20 Å². The summed E-state index contributed by atoms with van der Waals surface area (Å²) in [6.07, 6.45) is -1.54. The molecule has 1 aromatic rings. The lowest BCUT2D eigenvalue weighted by Crippen LogP contribution is -2.41. The molecule has 0 saturated carbocycles. The first kappa shape index (κ1) is 15.6. The number of aromatic nitrogens is 1. The van der Waals surface area contributed by atoms with Crippen molar-refractivity contribution in [2.24, 2.45) is 5.92 Å². The third-order valence-corrected chi connectivity index (χ3v) is 4.44. The number of thiazole rings is 1. The van der Waals surface area contributed by atoms with Crippen molar-refractivity contribution in [3.05, 3.63) is 11.1 Å². The predicted molar refractivity (Wildman–Crippen MR) is 75.1 cm³/mol. The molecule has 1 saturated heterocycles. The molecule has 0 amide bonds. The molecule has 2 heterocycles. The van der Waals surface area contributed by atoms with Gasteiger partial charge in [-0.3, -0.25) is 0 Å². The standard InChI is InChI=1S/C13H20F3N3S/c1-9(2)17-6-11-7-18-12(20-11)19-5-3-4-10(8-19)13(14,15)16/h7,9-10,17H,3-6,8H2,1-2H3. The van der Waals surface area contributed by atoms with Crippen molar-refractivity contribution in [2.45, 2.75) is 45.5 Å². The monoisotopic (exact) mass is 307 g/mol. The molecule has 1 aliphatic rings. The van der Waals surface area contributed by atoms with Gasteiger partial charge in [0.2, 0.25) is 0 Å². The van der Waals surface area contributed by atoms with E-state index in [1.807, 2.05) is 0 Å². The molecule has 0 spiro atoms. The largest absolute Gasteiger partial charge is 0.393 e. The first-order chi connectivity index (χ1) is 9.36. The predicted octanol–water partition coefficient (Wildman–Crippen LogP) is 3.42. The quantitative estimate of drug-likeness (QED) is 0.924. The van der Waals surface area contributed by atoms with E-state index >= 15 is 0 Å². The normalized spacial score (nSPS) is 20.7. The van der Waals surface area contributed by atoms with Gasteiger partial charge in [-0.2, -0.15) is 13.2 Å². The summed E-state index contributed by atoms with van der Waals surface area (Å²) in [4.78, 5) is 7.10. The zero-order chi connectivity index (χ0) is 14.8. The molecule has 0 bridgehead atoms. The van der Waals surface area contributed by atoms with Gasteiger partial charge in [0.25, 0.3) is 0 Å². The fourth-order valence-corrected chi connectivity index (χ4v) is 3.14. The van der Waals surface area contributed by atoms with E-state index in [0.29, 0.717) is 30.7 Å². The van der Waals surface area contributed by atoms with Crippen LogP contribution in [0.5, 0.6) is 0 Å². The van der Waals surface area contributed by atoms with E-state index < -0.39 is 12.1 Å². The second-order valence-corrected chi connectivity index (χ2v) is 6.57. The lowest BCUT2D eigenvalue weighted by atomic mass is 9.98. The first-order valence-corrected chi connectivity index (χ1v) is 7.67. The highest BCUT2D eigenvalue weighted by Gasteiger charge is 2.42. The Kier molecular flexibility index (Phi) is 4.90. The van der Waals surface area contributed by atoms with E-state index in [4.69, 9.17) is 0 Å². The van der Waals surface area contributed by atoms with Crippen molar-refractivity contribution in [3.63, 3.8) is 0 Å². The number of nitrogens with zero attached hydrogens (tertiary/aromatic N) is 2. The molecule has 0 aromatic carbocycles. The van der Waals surface area contributed by atoms with Crippen molar-refractivity contribution in [1.29, 1.82) is 0 Å². The highest BCUT2D eigenvalue weighted by Crippen LogP contribution is 2.35. The van der Waals surface area contributed by atoms with E-state index in [0.717, 1.165) is 4.88 Å². The number of hydrogen-bond acceptors (Lipinski definition) is 4. The summed E-state index contributed by atoms with van der Waals surface area (Å²) in [5, 5.41) is 3.99. The second-order valence-electron chi connectivity index (χ2n) is 5.47. The van der Waals surface area contributed by atoms with Gasteiger partial charge in [0, 0.05) is 36.8 Å². The molecule has 1 fully saturated rings. The summed E-state index contributed by atoms with van der Waals surface area (Å²) in [6.45, 7) is 5.53. The fraction of sp³-hybridized carbons (Fsp3) is 0.769. The van der Waals surface area contributed by atoms with Crippen molar-refractivity contribution in [2.75, 3.05) is 18.0 Å². The SMILES string of the molecule is CC(C)NCc1cnc(N2CCCC(C(F)(F)F)C2)s1. The number of rotatable bonds is 4. The molecule has 2 rings (SSSR count). The molecular formula is C13H20F3N3S. The Morgan fingerprint density at radius 2 is 2.25 bits per heavy atom. The molecule has 1 atom stereocenters. The molecule has 1 aromatic heterocycles. The number of piperidine rings is 1. The zero-order valence-corrected chi connectivity index (χ0v) is 12.5. The van der Waals surface area contributed by atoms with Crippen LogP contribution in [0, 0.1) is 5.92 Å². The summed E-state index contributed by atoms with van der Waals surface area (Å²) in [7, 11) is 0. The number of halogens is 3. The summed E-state index contributed by atoms with van der Waals surface area (Å²) >= 11 is 1.48. The van der Waals surface area contributed by atoms with E-state index in [1.165, 1.54) is 11.3 Å². The van der Waals surface area contributed by atoms with Crippen LogP contribution in [-0.4, -0.2) is 30.3 Å². The van der Waals surface area contributed by atoms with Gasteiger partial charge in [-0.15, -0.1) is 11.3 Å². The Morgan fingerprint density at radius 1 is 1.50 bits per heavy atom. The van der Waals surface area contributed by atoms with Crippen LogP contribution < -0.4 is 10.2 Å². The van der Waals surface area contributed by atoms with Crippen LogP contribution in [0.3, 0.4) is 0 Å². The van der Waals surface area contributed by atoms with Gasteiger partial charge >= 0.3 is 6.18 Å². The number of anilines is 1. The van der Waals surface area contributed by atoms with Crippen molar-refractivity contribution < 1.29 is 13.2 Å². The maximum absolute atomic E-state index is 12.8. The molecule has 114 valence electrons. The van der Waals surface area contributed by atoms with Gasteiger partial charge in [-0.05, 0) is 12.8 Å². The average Bonchev–Trinajstić information content (AvgIpc) is 2.84. The van der Waals surface area contributed by atoms with E-state index in [9.17, 15) is 13.2 Å². The average molecular weight is 307 g/mol. The van der Waals surface area contributed by atoms with Gasteiger partial charge in [0.05, 0.1) is 5.92 Å². The number of alkyl halides is 3. The Labute approximate surface area is 121 Å². The van der Waals surface area contributed by atoms with Crippen molar-refractivity contribution in [3.8, 4) is 0 Å². The molecule has 0 radical (unpaired) electrons. The molecule has 1 unspecified atom stereocenters. The van der Waals surface area contributed by atoms with E-state index in [2.05, 4.69) is 24.1 Å². The molecule has 20 heavy (non-hydrogen) atoms. The lowest BCUT2D eigenvalue weighted by Gasteiger charge is -2.33. The molecule has 1 aliphatic heterocycles. The molecule has 7 heteroatoms. The van der Waals surface area contributed by atoms with Crippen LogP contribution in [0.1, 0.15) is 31.6 Å². The third-order valence-electron chi connectivity index (χ3n) is 3.38. The van der Waals surface area contributed by atoms with Gasteiger partial charge in [-0.1, -0.05) is 13.8 Å². The highest BCUT2D eigenvalue weighted by atomic mass is 32.1. The van der Waals surface area contributed by atoms with E-state index in [-0.39, 0.29) is 13.0 Å². The van der Waals surface area contributed by atoms with Gasteiger partial charge < -0.3 is 10.2 Å². The Balaban J connectivity index is 1.97. The van der Waals surface area contributed by atoms with Crippen LogP contribution in [-0.2, 0) is 6.54 Å². The first-order valence-electron chi connectivity index (χ1n) is 6.86. The molecule has 3 nitrogen and oxygen atoms in total. The maximum Gasteiger partial charge on any atom is 0.393 e. The number of hydrogen-bond donors (Lipinski definition) is 1. The Morgan fingerprint density at radius 3 is 2.90 bits per heavy atom. The van der Waals surface area contributed by atoms with Gasteiger partial charge in [0.1, 0.15) is 0 Å². The van der Waals surface area contributed by atoms with Crippen molar-refractivity contribution >= 4 is 16.5 Å². The summed E-state index contributed by atoms with van der Waals surface area (Å²) < 4.78 is 38.4. The second kappa shape index (κ2) is 6.30. The van der Waals surface area contributed by atoms with Crippen molar-refractivity contribution in [1.82, 2.24) is 10.3 Å². The topological polar surface area (TPSA) is 28.2 Å². The maximum atomic E-state index is 12.8. The van der Waals surface area contributed by atoms with Crippen LogP contribution in [0.25, 0.3) is 0 Å². The molecule has 0 aliphatic carbocycles. The van der Waals surface area contributed by atoms with Gasteiger partial charge in [-0.25, -0.2) is 4.98 Å². The number of nitrogens with one attached hydrogen (secondary N) is 1. The van der Waals surface area contributed by atoms with E-state index in [1.54, 1.807) is 11.1 Å².